The van der Waals surface area contributed by atoms with Gasteiger partial charge < -0.3 is 9.88 Å². The molecule has 1 aromatic heterocycles. The second kappa shape index (κ2) is 3.81. The van der Waals surface area contributed by atoms with E-state index >= 15 is 0 Å². The summed E-state index contributed by atoms with van der Waals surface area (Å²) in [6.45, 7) is 4.33. The minimum Gasteiger partial charge on any atom is -0.356 e. The van der Waals surface area contributed by atoms with E-state index in [1.54, 1.807) is 0 Å². The van der Waals surface area contributed by atoms with Crippen LogP contribution < -0.4 is 5.32 Å². The van der Waals surface area contributed by atoms with Gasteiger partial charge in [-0.25, -0.2) is 4.98 Å². The van der Waals surface area contributed by atoms with Crippen LogP contribution in [0.15, 0.2) is 12.4 Å². The van der Waals surface area contributed by atoms with Crippen LogP contribution in [0.3, 0.4) is 0 Å². The molecule has 0 aliphatic heterocycles. The number of nitrogens with one attached hydrogen (secondary N) is 1. The molecule has 1 fully saturated rings. The van der Waals surface area contributed by atoms with E-state index in [4.69, 9.17) is 0 Å². The molecule has 1 heterocycles. The molecular formula is C10H17N3. The Morgan fingerprint density at radius 1 is 1.62 bits per heavy atom. The average molecular weight is 179 g/mol. The van der Waals surface area contributed by atoms with E-state index < -0.39 is 0 Å². The van der Waals surface area contributed by atoms with Gasteiger partial charge in [0.15, 0.2) is 0 Å². The van der Waals surface area contributed by atoms with Crippen molar-refractivity contribution in [3.05, 3.63) is 12.4 Å². The highest BCUT2D eigenvalue weighted by Gasteiger charge is 2.22. The first-order chi connectivity index (χ1) is 6.40. The number of rotatable bonds is 5. The lowest BCUT2D eigenvalue weighted by Gasteiger charge is -2.07. The lowest BCUT2D eigenvalue weighted by Crippen LogP contribution is -2.08. The second-order valence-corrected chi connectivity index (χ2v) is 3.77. The summed E-state index contributed by atoms with van der Waals surface area (Å²) in [7, 11) is 0. The molecule has 0 bridgehead atoms. The Morgan fingerprint density at radius 2 is 2.46 bits per heavy atom. The summed E-state index contributed by atoms with van der Waals surface area (Å²) in [5, 5.41) is 3.33. The van der Waals surface area contributed by atoms with Crippen LogP contribution in [0.4, 0.5) is 5.95 Å². The Kier molecular flexibility index (Phi) is 2.52. The van der Waals surface area contributed by atoms with E-state index in [0.717, 1.165) is 31.4 Å². The number of imidazole rings is 1. The zero-order valence-electron chi connectivity index (χ0n) is 8.16. The fourth-order valence-corrected chi connectivity index (χ4v) is 1.44. The van der Waals surface area contributed by atoms with Crippen LogP contribution in [0.2, 0.25) is 0 Å². The van der Waals surface area contributed by atoms with E-state index in [2.05, 4.69) is 28.0 Å². The Labute approximate surface area is 79.2 Å². The van der Waals surface area contributed by atoms with Gasteiger partial charge in [-0.2, -0.15) is 0 Å². The maximum atomic E-state index is 4.29. The fourth-order valence-electron chi connectivity index (χ4n) is 1.44. The molecule has 0 spiro atoms. The van der Waals surface area contributed by atoms with Crippen molar-refractivity contribution in [3.63, 3.8) is 0 Å². The zero-order chi connectivity index (χ0) is 9.10. The fraction of sp³-hybridized carbons (Fsp3) is 0.700. The molecule has 3 nitrogen and oxygen atoms in total. The van der Waals surface area contributed by atoms with Gasteiger partial charge in [-0.3, -0.25) is 0 Å². The van der Waals surface area contributed by atoms with Gasteiger partial charge in [-0.05, 0) is 25.2 Å². The lowest BCUT2D eigenvalue weighted by atomic mass is 10.4. The van der Waals surface area contributed by atoms with Gasteiger partial charge in [0.2, 0.25) is 5.95 Å². The topological polar surface area (TPSA) is 29.9 Å². The molecule has 1 aliphatic carbocycles. The molecule has 13 heavy (non-hydrogen) atoms. The summed E-state index contributed by atoms with van der Waals surface area (Å²) in [6, 6.07) is 0. The van der Waals surface area contributed by atoms with Gasteiger partial charge in [-0.15, -0.1) is 0 Å². The molecule has 1 saturated carbocycles. The smallest absolute Gasteiger partial charge is 0.202 e. The largest absolute Gasteiger partial charge is 0.356 e. The SMILES string of the molecule is CCCNc1nccn1CC1CC1. The summed E-state index contributed by atoms with van der Waals surface area (Å²) in [6.07, 6.45) is 7.88. The highest BCUT2D eigenvalue weighted by atomic mass is 15.2. The van der Waals surface area contributed by atoms with E-state index in [1.807, 2.05) is 6.20 Å². The van der Waals surface area contributed by atoms with Crippen LogP contribution >= 0.6 is 0 Å². The molecule has 0 radical (unpaired) electrons. The minimum absolute atomic E-state index is 0.913. The van der Waals surface area contributed by atoms with Crippen molar-refractivity contribution in [3.8, 4) is 0 Å². The third kappa shape index (κ3) is 2.23. The van der Waals surface area contributed by atoms with Crippen molar-refractivity contribution in [2.75, 3.05) is 11.9 Å². The first-order valence-electron chi connectivity index (χ1n) is 5.15. The van der Waals surface area contributed by atoms with Gasteiger partial charge in [0.25, 0.3) is 0 Å². The van der Waals surface area contributed by atoms with Gasteiger partial charge in [0, 0.05) is 25.5 Å². The van der Waals surface area contributed by atoms with Crippen LogP contribution in [-0.2, 0) is 6.54 Å². The monoisotopic (exact) mass is 179 g/mol. The molecule has 1 aromatic rings. The number of nitrogens with zero attached hydrogens (tertiary/aromatic N) is 2. The van der Waals surface area contributed by atoms with E-state index in [0.29, 0.717) is 0 Å². The molecule has 3 heteroatoms. The van der Waals surface area contributed by atoms with Crippen molar-refractivity contribution in [2.24, 2.45) is 5.92 Å². The molecular weight excluding hydrogens is 162 g/mol. The summed E-state index contributed by atoms with van der Waals surface area (Å²) in [5.41, 5.74) is 0. The molecule has 1 aliphatic rings. The summed E-state index contributed by atoms with van der Waals surface area (Å²) in [5.74, 6) is 1.95. The lowest BCUT2D eigenvalue weighted by molar-refractivity contribution is 0.630. The number of anilines is 1. The molecule has 1 N–H and O–H groups in total. The second-order valence-electron chi connectivity index (χ2n) is 3.77. The number of hydrogen-bond acceptors (Lipinski definition) is 2. The third-order valence-electron chi connectivity index (χ3n) is 2.40. The van der Waals surface area contributed by atoms with Crippen molar-refractivity contribution in [1.82, 2.24) is 9.55 Å². The Bertz CT molecular complexity index is 263. The Morgan fingerprint density at radius 3 is 3.15 bits per heavy atom. The maximum absolute atomic E-state index is 4.29. The van der Waals surface area contributed by atoms with Crippen molar-refractivity contribution in [2.45, 2.75) is 32.7 Å². The molecule has 0 amide bonds. The van der Waals surface area contributed by atoms with Gasteiger partial charge in [-0.1, -0.05) is 6.92 Å². The van der Waals surface area contributed by atoms with Crippen LogP contribution in [0, 0.1) is 5.92 Å². The van der Waals surface area contributed by atoms with Crippen LogP contribution in [0.5, 0.6) is 0 Å². The minimum atomic E-state index is 0.913. The summed E-state index contributed by atoms with van der Waals surface area (Å²) in [4.78, 5) is 4.29. The summed E-state index contributed by atoms with van der Waals surface area (Å²) < 4.78 is 2.23. The standard InChI is InChI=1S/C10H17N3/c1-2-5-11-10-12-6-7-13(10)8-9-3-4-9/h6-7,9H,2-5,8H2,1H3,(H,11,12). The Balaban J connectivity index is 1.93. The maximum Gasteiger partial charge on any atom is 0.202 e. The predicted molar refractivity (Wildman–Crippen MR) is 53.7 cm³/mol. The normalized spacial score (nSPS) is 16.1. The van der Waals surface area contributed by atoms with Gasteiger partial charge in [0.1, 0.15) is 0 Å². The van der Waals surface area contributed by atoms with Gasteiger partial charge >= 0.3 is 0 Å². The predicted octanol–water partition coefficient (Wildman–Crippen LogP) is 2.11. The van der Waals surface area contributed by atoms with E-state index in [9.17, 15) is 0 Å². The number of hydrogen-bond donors (Lipinski definition) is 1. The number of aromatic nitrogens is 2. The quantitative estimate of drug-likeness (QED) is 0.750. The van der Waals surface area contributed by atoms with Crippen molar-refractivity contribution < 1.29 is 0 Å². The van der Waals surface area contributed by atoms with Crippen LogP contribution in [0.25, 0.3) is 0 Å². The Hall–Kier alpha value is -0.990. The first kappa shape index (κ1) is 8.60. The van der Waals surface area contributed by atoms with E-state index in [-0.39, 0.29) is 0 Å². The van der Waals surface area contributed by atoms with Crippen molar-refractivity contribution in [1.29, 1.82) is 0 Å². The first-order valence-corrected chi connectivity index (χ1v) is 5.15. The molecule has 0 atom stereocenters. The van der Waals surface area contributed by atoms with Crippen molar-refractivity contribution >= 4 is 5.95 Å². The van der Waals surface area contributed by atoms with Crippen LogP contribution in [0.1, 0.15) is 26.2 Å². The average Bonchev–Trinajstić information content (AvgIpc) is 2.82. The van der Waals surface area contributed by atoms with Gasteiger partial charge in [0.05, 0.1) is 0 Å². The summed E-state index contributed by atoms with van der Waals surface area (Å²) >= 11 is 0. The molecule has 0 saturated heterocycles. The highest BCUT2D eigenvalue weighted by molar-refractivity contribution is 5.25. The van der Waals surface area contributed by atoms with E-state index in [1.165, 1.54) is 12.8 Å². The molecule has 72 valence electrons. The molecule has 2 rings (SSSR count). The highest BCUT2D eigenvalue weighted by Crippen LogP contribution is 2.31. The third-order valence-corrected chi connectivity index (χ3v) is 2.40. The van der Waals surface area contributed by atoms with Crippen LogP contribution in [-0.4, -0.2) is 16.1 Å². The zero-order valence-corrected chi connectivity index (χ0v) is 8.16. The molecule has 0 aromatic carbocycles. The molecule has 0 unspecified atom stereocenters.